The zero-order valence-corrected chi connectivity index (χ0v) is 12.9. The minimum absolute atomic E-state index is 0.266. The third kappa shape index (κ3) is 2.29. The molecule has 4 aromatic rings. The van der Waals surface area contributed by atoms with Gasteiger partial charge < -0.3 is 4.74 Å². The zero-order chi connectivity index (χ0) is 15.8. The maximum Gasteiger partial charge on any atom is 0.299 e. The number of carbonyl (C=O) groups excluding carboxylic acids is 1. The number of rotatable bonds is 4. The van der Waals surface area contributed by atoms with E-state index in [0.717, 1.165) is 22.2 Å². The minimum atomic E-state index is 0.266. The fraction of sp³-hybridized carbons (Fsp3) is 0.0667. The van der Waals surface area contributed by atoms with Crippen LogP contribution in [-0.4, -0.2) is 31.0 Å². The number of ether oxygens (including phenoxy) is 1. The molecule has 0 unspecified atom stereocenters. The van der Waals surface area contributed by atoms with Gasteiger partial charge in [-0.15, -0.1) is 0 Å². The lowest BCUT2D eigenvalue weighted by Crippen LogP contribution is -1.96. The molecule has 3 heterocycles. The topological polar surface area (TPSA) is 74.8 Å². The van der Waals surface area contributed by atoms with Crippen LogP contribution in [0.15, 0.2) is 42.0 Å². The Labute approximate surface area is 134 Å². The summed E-state index contributed by atoms with van der Waals surface area (Å²) < 4.78 is 8.27. The molecule has 3 aromatic heterocycles. The Morgan fingerprint density at radius 1 is 1.30 bits per heavy atom. The number of aromatic nitrogens is 5. The fourth-order valence-electron chi connectivity index (χ4n) is 2.42. The monoisotopic (exact) mass is 325 g/mol. The van der Waals surface area contributed by atoms with Crippen LogP contribution in [0.25, 0.3) is 27.3 Å². The number of hydrogen-bond acceptors (Lipinski definition) is 6. The first-order valence-corrected chi connectivity index (χ1v) is 7.67. The van der Waals surface area contributed by atoms with Crippen molar-refractivity contribution < 1.29 is 9.53 Å². The lowest BCUT2D eigenvalue weighted by atomic mass is 10.1. The predicted molar refractivity (Wildman–Crippen MR) is 85.6 cm³/mol. The Morgan fingerprint density at radius 2 is 2.17 bits per heavy atom. The Hall–Kier alpha value is -3.00. The van der Waals surface area contributed by atoms with Gasteiger partial charge in [0.25, 0.3) is 6.47 Å². The minimum Gasteiger partial charge on any atom is -0.409 e. The standard InChI is InChI=1S/C15H11N5O2S/c1-19-7-10(6-16-19)14-11-4-2-3-5-12(11)20(18-14)15-17-13(8-23-15)22-9-21/h2-9H,1H3. The van der Waals surface area contributed by atoms with E-state index >= 15 is 0 Å². The number of aryl methyl sites for hydroxylation is 1. The van der Waals surface area contributed by atoms with Crippen LogP contribution in [0.4, 0.5) is 0 Å². The van der Waals surface area contributed by atoms with Gasteiger partial charge in [-0.3, -0.25) is 9.48 Å². The Morgan fingerprint density at radius 3 is 2.96 bits per heavy atom. The summed E-state index contributed by atoms with van der Waals surface area (Å²) in [6.45, 7) is 0.362. The summed E-state index contributed by atoms with van der Waals surface area (Å²) in [5.41, 5.74) is 2.70. The van der Waals surface area contributed by atoms with Crippen LogP contribution in [0.5, 0.6) is 5.88 Å². The van der Waals surface area contributed by atoms with Gasteiger partial charge in [-0.1, -0.05) is 29.5 Å². The molecule has 0 saturated heterocycles. The summed E-state index contributed by atoms with van der Waals surface area (Å²) in [7, 11) is 1.87. The van der Waals surface area contributed by atoms with Gasteiger partial charge in [-0.2, -0.15) is 15.2 Å². The molecule has 0 aliphatic carbocycles. The molecule has 0 atom stereocenters. The number of benzene rings is 1. The van der Waals surface area contributed by atoms with Crippen molar-refractivity contribution in [3.63, 3.8) is 0 Å². The number of thiazole rings is 1. The van der Waals surface area contributed by atoms with Crippen molar-refractivity contribution in [2.24, 2.45) is 7.05 Å². The summed E-state index contributed by atoms with van der Waals surface area (Å²) >= 11 is 1.36. The first-order valence-electron chi connectivity index (χ1n) is 6.79. The predicted octanol–water partition coefficient (Wildman–Crippen LogP) is 2.42. The van der Waals surface area contributed by atoms with Gasteiger partial charge in [0.05, 0.1) is 17.1 Å². The van der Waals surface area contributed by atoms with E-state index in [0.29, 0.717) is 11.6 Å². The average Bonchev–Trinajstić information content (AvgIpc) is 3.25. The van der Waals surface area contributed by atoms with Crippen molar-refractivity contribution in [2.75, 3.05) is 0 Å². The molecular formula is C15H11N5O2S. The van der Waals surface area contributed by atoms with Gasteiger partial charge in [0, 0.05) is 24.2 Å². The Balaban J connectivity index is 1.91. The van der Waals surface area contributed by atoms with Crippen molar-refractivity contribution in [1.82, 2.24) is 24.5 Å². The zero-order valence-electron chi connectivity index (χ0n) is 12.1. The molecule has 7 nitrogen and oxygen atoms in total. The summed E-state index contributed by atoms with van der Waals surface area (Å²) in [6, 6.07) is 7.91. The second-order valence-electron chi connectivity index (χ2n) is 4.86. The van der Waals surface area contributed by atoms with Gasteiger partial charge >= 0.3 is 0 Å². The molecule has 0 N–H and O–H groups in total. The van der Waals surface area contributed by atoms with Crippen LogP contribution in [0.2, 0.25) is 0 Å². The SMILES string of the molecule is Cn1cc(-c2nn(-c3nc(OC=O)cs3)c3ccccc23)cn1. The lowest BCUT2D eigenvalue weighted by Gasteiger charge is -1.96. The molecule has 0 bridgehead atoms. The van der Waals surface area contributed by atoms with Crippen molar-refractivity contribution in [3.05, 3.63) is 42.0 Å². The maximum absolute atomic E-state index is 10.4. The summed E-state index contributed by atoms with van der Waals surface area (Å²) in [6.07, 6.45) is 3.70. The van der Waals surface area contributed by atoms with Gasteiger partial charge in [-0.25, -0.2) is 4.68 Å². The Kier molecular flexibility index (Phi) is 3.16. The highest BCUT2D eigenvalue weighted by Crippen LogP contribution is 2.31. The highest BCUT2D eigenvalue weighted by Gasteiger charge is 2.16. The van der Waals surface area contributed by atoms with E-state index in [4.69, 9.17) is 4.74 Å². The average molecular weight is 325 g/mol. The second kappa shape index (κ2) is 5.33. The first kappa shape index (κ1) is 13.6. The van der Waals surface area contributed by atoms with E-state index in [-0.39, 0.29) is 5.88 Å². The first-order chi connectivity index (χ1) is 11.3. The van der Waals surface area contributed by atoms with Crippen LogP contribution in [0, 0.1) is 0 Å². The normalized spacial score (nSPS) is 11.0. The van der Waals surface area contributed by atoms with Crippen molar-refractivity contribution in [2.45, 2.75) is 0 Å². The van der Waals surface area contributed by atoms with Crippen LogP contribution in [0.3, 0.4) is 0 Å². The molecule has 0 aliphatic rings. The van der Waals surface area contributed by atoms with E-state index in [1.165, 1.54) is 11.3 Å². The molecule has 0 saturated carbocycles. The lowest BCUT2D eigenvalue weighted by molar-refractivity contribution is -0.120. The number of carbonyl (C=O) groups is 1. The van der Waals surface area contributed by atoms with E-state index in [2.05, 4.69) is 15.2 Å². The smallest absolute Gasteiger partial charge is 0.299 e. The van der Waals surface area contributed by atoms with Crippen molar-refractivity contribution in [1.29, 1.82) is 0 Å². The van der Waals surface area contributed by atoms with E-state index < -0.39 is 0 Å². The number of hydrogen-bond donors (Lipinski definition) is 0. The summed E-state index contributed by atoms with van der Waals surface area (Å²) in [5, 5.41) is 12.2. The largest absolute Gasteiger partial charge is 0.409 e. The molecule has 0 amide bonds. The molecule has 0 radical (unpaired) electrons. The number of nitrogens with zero attached hydrogens (tertiary/aromatic N) is 5. The molecule has 0 fully saturated rings. The third-order valence-electron chi connectivity index (χ3n) is 3.39. The third-order valence-corrected chi connectivity index (χ3v) is 4.18. The Bertz CT molecular complexity index is 1000. The summed E-state index contributed by atoms with van der Waals surface area (Å²) in [5.74, 6) is 0.266. The quantitative estimate of drug-likeness (QED) is 0.539. The molecule has 4 rings (SSSR count). The van der Waals surface area contributed by atoms with Crippen LogP contribution >= 0.6 is 11.3 Å². The molecule has 23 heavy (non-hydrogen) atoms. The second-order valence-corrected chi connectivity index (χ2v) is 5.70. The van der Waals surface area contributed by atoms with Gasteiger partial charge in [0.2, 0.25) is 11.0 Å². The number of para-hydroxylation sites is 1. The molecule has 114 valence electrons. The van der Waals surface area contributed by atoms with E-state index in [1.54, 1.807) is 20.9 Å². The van der Waals surface area contributed by atoms with Crippen molar-refractivity contribution in [3.8, 4) is 22.3 Å². The fourth-order valence-corrected chi connectivity index (χ4v) is 3.12. The van der Waals surface area contributed by atoms with Crippen molar-refractivity contribution >= 4 is 28.7 Å². The molecule has 1 aromatic carbocycles. The maximum atomic E-state index is 10.4. The molecule has 8 heteroatoms. The molecular weight excluding hydrogens is 314 g/mol. The number of fused-ring (bicyclic) bond motifs is 1. The highest BCUT2D eigenvalue weighted by atomic mass is 32.1. The van der Waals surface area contributed by atoms with Gasteiger partial charge in [0.1, 0.15) is 5.69 Å². The van der Waals surface area contributed by atoms with Crippen LogP contribution in [0.1, 0.15) is 0 Å². The molecule has 0 spiro atoms. The van der Waals surface area contributed by atoms with E-state index in [9.17, 15) is 4.79 Å². The van der Waals surface area contributed by atoms with Gasteiger partial charge in [0.15, 0.2) is 0 Å². The molecule has 0 aliphatic heterocycles. The van der Waals surface area contributed by atoms with Crippen LogP contribution < -0.4 is 4.74 Å². The summed E-state index contributed by atoms with van der Waals surface area (Å²) in [4.78, 5) is 14.7. The van der Waals surface area contributed by atoms with Gasteiger partial charge in [-0.05, 0) is 6.07 Å². The van der Waals surface area contributed by atoms with E-state index in [1.807, 2.05) is 37.5 Å². The highest BCUT2D eigenvalue weighted by molar-refractivity contribution is 7.12. The van der Waals surface area contributed by atoms with Crippen LogP contribution in [-0.2, 0) is 11.8 Å².